The molecule has 25 heavy (non-hydrogen) atoms. The summed E-state index contributed by atoms with van der Waals surface area (Å²) in [7, 11) is 0. The maximum Gasteiger partial charge on any atom is 0.123 e. The van der Waals surface area contributed by atoms with Gasteiger partial charge in [0.25, 0.3) is 0 Å². The van der Waals surface area contributed by atoms with Gasteiger partial charge in [0, 0.05) is 31.1 Å². The Kier molecular flexibility index (Phi) is 5.04. The van der Waals surface area contributed by atoms with E-state index in [-0.39, 0.29) is 0 Å². The minimum atomic E-state index is 0.590. The van der Waals surface area contributed by atoms with E-state index in [9.17, 15) is 0 Å². The zero-order chi connectivity index (χ0) is 17.1. The van der Waals surface area contributed by atoms with Gasteiger partial charge in [0.1, 0.15) is 5.75 Å². The molecule has 0 amide bonds. The Bertz CT molecular complexity index is 696. The average Bonchev–Trinajstić information content (AvgIpc) is 3.56. The quantitative estimate of drug-likeness (QED) is 0.680. The summed E-state index contributed by atoms with van der Waals surface area (Å²) in [6.07, 6.45) is 3.93. The van der Waals surface area contributed by atoms with Crippen molar-refractivity contribution in [1.82, 2.24) is 10.6 Å². The Labute approximate surface area is 150 Å². The van der Waals surface area contributed by atoms with Crippen LogP contribution in [0.25, 0.3) is 11.1 Å². The zero-order valence-corrected chi connectivity index (χ0v) is 15.0. The normalized spacial score (nSPS) is 22.0. The van der Waals surface area contributed by atoms with Crippen molar-refractivity contribution in [3.05, 3.63) is 54.1 Å². The summed E-state index contributed by atoms with van der Waals surface area (Å²) >= 11 is 0. The SMILES string of the molecule is CCOc1cc(-c2ccccc2)ccc1C1CC1NCCNC1CC1. The van der Waals surface area contributed by atoms with Gasteiger partial charge in [0.15, 0.2) is 0 Å². The molecule has 2 aromatic rings. The lowest BCUT2D eigenvalue weighted by atomic mass is 10.0. The lowest BCUT2D eigenvalue weighted by Gasteiger charge is -2.13. The Morgan fingerprint density at radius 2 is 1.76 bits per heavy atom. The second kappa shape index (κ2) is 7.59. The van der Waals surface area contributed by atoms with Crippen molar-refractivity contribution in [3.8, 4) is 16.9 Å². The lowest BCUT2D eigenvalue weighted by Crippen LogP contribution is -2.30. The van der Waals surface area contributed by atoms with Gasteiger partial charge in [0.2, 0.25) is 0 Å². The molecule has 0 bridgehead atoms. The molecule has 4 rings (SSSR count). The van der Waals surface area contributed by atoms with Crippen molar-refractivity contribution in [1.29, 1.82) is 0 Å². The van der Waals surface area contributed by atoms with Crippen LogP contribution in [0.1, 0.15) is 37.7 Å². The molecule has 3 heteroatoms. The van der Waals surface area contributed by atoms with Crippen LogP contribution in [0.3, 0.4) is 0 Å². The molecule has 0 saturated heterocycles. The van der Waals surface area contributed by atoms with Crippen LogP contribution in [0.5, 0.6) is 5.75 Å². The lowest BCUT2D eigenvalue weighted by molar-refractivity contribution is 0.336. The first kappa shape index (κ1) is 16.6. The topological polar surface area (TPSA) is 33.3 Å². The molecular weight excluding hydrogens is 308 g/mol. The van der Waals surface area contributed by atoms with Crippen molar-refractivity contribution in [3.63, 3.8) is 0 Å². The highest BCUT2D eigenvalue weighted by atomic mass is 16.5. The molecule has 0 aliphatic heterocycles. The van der Waals surface area contributed by atoms with Crippen LogP contribution in [-0.4, -0.2) is 31.8 Å². The molecule has 2 aromatic carbocycles. The molecule has 0 radical (unpaired) electrons. The zero-order valence-electron chi connectivity index (χ0n) is 15.0. The summed E-state index contributed by atoms with van der Waals surface area (Å²) in [5.41, 5.74) is 3.83. The molecule has 3 nitrogen and oxygen atoms in total. The van der Waals surface area contributed by atoms with Gasteiger partial charge in [-0.25, -0.2) is 0 Å². The van der Waals surface area contributed by atoms with Gasteiger partial charge in [0.05, 0.1) is 6.61 Å². The minimum Gasteiger partial charge on any atom is -0.494 e. The highest BCUT2D eigenvalue weighted by molar-refractivity contribution is 5.66. The second-order valence-corrected chi connectivity index (χ2v) is 7.18. The molecule has 2 saturated carbocycles. The number of rotatable bonds is 9. The molecule has 2 N–H and O–H groups in total. The van der Waals surface area contributed by atoms with Crippen LogP contribution in [0.15, 0.2) is 48.5 Å². The van der Waals surface area contributed by atoms with Crippen molar-refractivity contribution in [2.75, 3.05) is 19.7 Å². The van der Waals surface area contributed by atoms with Gasteiger partial charge in [-0.1, -0.05) is 42.5 Å². The van der Waals surface area contributed by atoms with Crippen LogP contribution in [-0.2, 0) is 0 Å². The number of benzene rings is 2. The van der Waals surface area contributed by atoms with Crippen LogP contribution in [0.4, 0.5) is 0 Å². The van der Waals surface area contributed by atoms with Crippen molar-refractivity contribution >= 4 is 0 Å². The molecule has 2 fully saturated rings. The van der Waals surface area contributed by atoms with E-state index in [2.05, 4.69) is 66.1 Å². The highest BCUT2D eigenvalue weighted by Crippen LogP contribution is 2.45. The molecule has 2 atom stereocenters. The first-order valence-electron chi connectivity index (χ1n) is 9.64. The fourth-order valence-electron chi connectivity index (χ4n) is 3.52. The third-order valence-electron chi connectivity index (χ3n) is 5.15. The van der Waals surface area contributed by atoms with E-state index in [4.69, 9.17) is 4.74 Å². The molecular formula is C22H28N2O. The van der Waals surface area contributed by atoms with Gasteiger partial charge in [-0.15, -0.1) is 0 Å². The first-order chi connectivity index (χ1) is 12.3. The maximum absolute atomic E-state index is 5.97. The molecule has 0 heterocycles. The predicted octanol–water partition coefficient (Wildman–Crippen LogP) is 3.95. The van der Waals surface area contributed by atoms with Crippen molar-refractivity contribution in [2.24, 2.45) is 0 Å². The van der Waals surface area contributed by atoms with Gasteiger partial charge in [-0.05, 0) is 48.9 Å². The smallest absolute Gasteiger partial charge is 0.123 e. The van der Waals surface area contributed by atoms with Crippen LogP contribution in [0.2, 0.25) is 0 Å². The second-order valence-electron chi connectivity index (χ2n) is 7.18. The molecule has 2 unspecified atom stereocenters. The summed E-state index contributed by atoms with van der Waals surface area (Å²) in [6, 6.07) is 18.6. The van der Waals surface area contributed by atoms with E-state index in [1.54, 1.807) is 0 Å². The maximum atomic E-state index is 5.97. The molecule has 0 spiro atoms. The molecule has 2 aliphatic carbocycles. The van der Waals surface area contributed by atoms with E-state index in [1.165, 1.54) is 36.0 Å². The fraction of sp³-hybridized carbons (Fsp3) is 0.455. The van der Waals surface area contributed by atoms with Crippen molar-refractivity contribution in [2.45, 2.75) is 44.2 Å². The third-order valence-corrected chi connectivity index (χ3v) is 5.15. The average molecular weight is 336 g/mol. The summed E-state index contributed by atoms with van der Waals surface area (Å²) in [5.74, 6) is 1.64. The molecule has 2 aliphatic rings. The van der Waals surface area contributed by atoms with Gasteiger partial charge < -0.3 is 15.4 Å². The number of hydrogen-bond acceptors (Lipinski definition) is 3. The summed E-state index contributed by atoms with van der Waals surface area (Å²) in [4.78, 5) is 0. The fourth-order valence-corrected chi connectivity index (χ4v) is 3.52. The first-order valence-corrected chi connectivity index (χ1v) is 9.64. The minimum absolute atomic E-state index is 0.590. The standard InChI is InChI=1S/C22H28N2O/c1-2-25-22-14-17(16-6-4-3-5-7-16)8-11-19(22)20-15-21(20)24-13-12-23-18-9-10-18/h3-8,11,14,18,20-21,23-24H,2,9-10,12-13,15H2,1H3. The van der Waals surface area contributed by atoms with E-state index >= 15 is 0 Å². The molecule has 0 aromatic heterocycles. The summed E-state index contributed by atoms with van der Waals surface area (Å²) in [6.45, 7) is 4.91. The predicted molar refractivity (Wildman–Crippen MR) is 103 cm³/mol. The number of nitrogens with one attached hydrogen (secondary N) is 2. The Morgan fingerprint density at radius 3 is 2.52 bits per heavy atom. The monoisotopic (exact) mass is 336 g/mol. The van der Waals surface area contributed by atoms with Crippen LogP contribution >= 0.6 is 0 Å². The largest absolute Gasteiger partial charge is 0.494 e. The van der Waals surface area contributed by atoms with E-state index in [0.717, 1.165) is 24.9 Å². The van der Waals surface area contributed by atoms with E-state index in [1.807, 2.05) is 0 Å². The molecule has 132 valence electrons. The number of hydrogen-bond donors (Lipinski definition) is 2. The van der Waals surface area contributed by atoms with Gasteiger partial charge >= 0.3 is 0 Å². The highest BCUT2D eigenvalue weighted by Gasteiger charge is 2.39. The summed E-state index contributed by atoms with van der Waals surface area (Å²) < 4.78 is 5.97. The van der Waals surface area contributed by atoms with E-state index in [0.29, 0.717) is 18.6 Å². The summed E-state index contributed by atoms with van der Waals surface area (Å²) in [5, 5.41) is 7.25. The Hall–Kier alpha value is -1.84. The van der Waals surface area contributed by atoms with E-state index < -0.39 is 0 Å². The van der Waals surface area contributed by atoms with Crippen LogP contribution < -0.4 is 15.4 Å². The Morgan fingerprint density at radius 1 is 0.960 bits per heavy atom. The van der Waals surface area contributed by atoms with Gasteiger partial charge in [-0.2, -0.15) is 0 Å². The third kappa shape index (κ3) is 4.23. The van der Waals surface area contributed by atoms with Gasteiger partial charge in [-0.3, -0.25) is 0 Å². The number of ether oxygens (including phenoxy) is 1. The van der Waals surface area contributed by atoms with Crippen LogP contribution in [0, 0.1) is 0 Å². The Balaban J connectivity index is 1.40. The van der Waals surface area contributed by atoms with Crippen molar-refractivity contribution < 1.29 is 4.74 Å².